The third-order valence-corrected chi connectivity index (χ3v) is 5.32. The van der Waals surface area contributed by atoms with Crippen LogP contribution in [0.3, 0.4) is 0 Å². The standard InChI is InChI=1S/C24H29ClN4O3/c1-4-29(5-2)15-7-14-26-22-19(24(30)31-6-3)16-27-20-12-13-21(28-23(20)22)32-18-10-8-17(25)9-11-18/h8-13,16H,4-7,14-15H2,1-3H3,(H,26,27). The number of fused-ring (bicyclic) bond motifs is 1. The van der Waals surface area contributed by atoms with Crippen LogP contribution in [0.4, 0.5) is 5.69 Å². The Morgan fingerprint density at radius 2 is 1.84 bits per heavy atom. The van der Waals surface area contributed by atoms with Gasteiger partial charge >= 0.3 is 5.97 Å². The van der Waals surface area contributed by atoms with Crippen molar-refractivity contribution in [3.05, 3.63) is 53.2 Å². The third-order valence-electron chi connectivity index (χ3n) is 5.07. The van der Waals surface area contributed by atoms with Crippen molar-refractivity contribution in [1.29, 1.82) is 0 Å². The molecule has 3 aromatic rings. The van der Waals surface area contributed by atoms with E-state index in [-0.39, 0.29) is 6.61 Å². The van der Waals surface area contributed by atoms with Gasteiger partial charge in [0.15, 0.2) is 0 Å². The number of pyridine rings is 2. The lowest BCUT2D eigenvalue weighted by atomic mass is 10.1. The minimum absolute atomic E-state index is 0.283. The number of anilines is 1. The molecule has 1 N–H and O–H groups in total. The van der Waals surface area contributed by atoms with Crippen LogP contribution in [-0.4, -0.2) is 53.6 Å². The van der Waals surface area contributed by atoms with Gasteiger partial charge in [-0.1, -0.05) is 25.4 Å². The number of halogens is 1. The molecule has 0 radical (unpaired) electrons. The lowest BCUT2D eigenvalue weighted by Crippen LogP contribution is -2.25. The van der Waals surface area contributed by atoms with Crippen LogP contribution in [0.1, 0.15) is 37.6 Å². The van der Waals surface area contributed by atoms with Crippen molar-refractivity contribution < 1.29 is 14.3 Å². The highest BCUT2D eigenvalue weighted by molar-refractivity contribution is 6.30. The summed E-state index contributed by atoms with van der Waals surface area (Å²) in [5.74, 6) is 0.581. The first-order valence-electron chi connectivity index (χ1n) is 10.9. The Bertz CT molecular complexity index is 1040. The fourth-order valence-electron chi connectivity index (χ4n) is 3.33. The maximum absolute atomic E-state index is 12.6. The van der Waals surface area contributed by atoms with Crippen LogP contribution >= 0.6 is 11.6 Å². The highest BCUT2D eigenvalue weighted by Crippen LogP contribution is 2.29. The predicted octanol–water partition coefficient (Wildman–Crippen LogP) is 5.40. The number of nitrogens with zero attached hydrogens (tertiary/aromatic N) is 3. The topological polar surface area (TPSA) is 76.6 Å². The molecule has 0 aliphatic heterocycles. The second-order valence-corrected chi connectivity index (χ2v) is 7.58. The van der Waals surface area contributed by atoms with Crippen molar-refractivity contribution in [1.82, 2.24) is 14.9 Å². The van der Waals surface area contributed by atoms with E-state index in [4.69, 9.17) is 21.1 Å². The van der Waals surface area contributed by atoms with E-state index in [0.717, 1.165) is 26.1 Å². The second-order valence-electron chi connectivity index (χ2n) is 7.15. The molecule has 2 aromatic heterocycles. The number of nitrogens with one attached hydrogen (secondary N) is 1. The number of hydrogen-bond acceptors (Lipinski definition) is 7. The summed E-state index contributed by atoms with van der Waals surface area (Å²) in [5.41, 5.74) is 2.19. The van der Waals surface area contributed by atoms with Gasteiger partial charge in [0.25, 0.3) is 0 Å². The number of aromatic nitrogens is 2. The van der Waals surface area contributed by atoms with Crippen LogP contribution in [0.5, 0.6) is 11.6 Å². The summed E-state index contributed by atoms with van der Waals surface area (Å²) in [4.78, 5) is 24.0. The number of benzene rings is 1. The minimum atomic E-state index is -0.432. The summed E-state index contributed by atoms with van der Waals surface area (Å²) in [6.45, 7) is 10.0. The molecule has 0 aliphatic rings. The van der Waals surface area contributed by atoms with Gasteiger partial charge in [-0.3, -0.25) is 4.98 Å². The van der Waals surface area contributed by atoms with E-state index in [1.165, 1.54) is 6.20 Å². The van der Waals surface area contributed by atoms with Gasteiger partial charge in [0.05, 0.1) is 17.8 Å². The molecule has 32 heavy (non-hydrogen) atoms. The maximum Gasteiger partial charge on any atom is 0.341 e. The van der Waals surface area contributed by atoms with Crippen LogP contribution in [0, 0.1) is 0 Å². The zero-order chi connectivity index (χ0) is 22.9. The van der Waals surface area contributed by atoms with E-state index >= 15 is 0 Å². The highest BCUT2D eigenvalue weighted by Gasteiger charge is 2.18. The van der Waals surface area contributed by atoms with Gasteiger partial charge in [-0.05, 0) is 63.3 Å². The summed E-state index contributed by atoms with van der Waals surface area (Å²) >= 11 is 5.95. The molecule has 8 heteroatoms. The average molecular weight is 457 g/mol. The van der Waals surface area contributed by atoms with Crippen LogP contribution in [0.15, 0.2) is 42.6 Å². The quantitative estimate of drug-likeness (QED) is 0.306. The lowest BCUT2D eigenvalue weighted by molar-refractivity contribution is 0.0527. The Labute approximate surface area is 193 Å². The molecule has 0 amide bonds. The summed E-state index contributed by atoms with van der Waals surface area (Å²) in [6.07, 6.45) is 2.46. The molecule has 0 bridgehead atoms. The number of esters is 1. The molecule has 0 fully saturated rings. The van der Waals surface area contributed by atoms with Crippen LogP contribution in [0.25, 0.3) is 11.0 Å². The molecule has 2 heterocycles. The third kappa shape index (κ3) is 6.08. The van der Waals surface area contributed by atoms with Gasteiger partial charge in [0.1, 0.15) is 16.8 Å². The smallest absolute Gasteiger partial charge is 0.341 e. The average Bonchev–Trinajstić information content (AvgIpc) is 2.80. The first kappa shape index (κ1) is 23.8. The van der Waals surface area contributed by atoms with E-state index in [9.17, 15) is 4.79 Å². The first-order chi connectivity index (χ1) is 15.5. The SMILES string of the molecule is CCOC(=O)c1cnc2ccc(Oc3ccc(Cl)cc3)nc2c1NCCCN(CC)CC. The fraction of sp³-hybridized carbons (Fsp3) is 0.375. The van der Waals surface area contributed by atoms with Crippen LogP contribution in [0.2, 0.25) is 5.02 Å². The van der Waals surface area contributed by atoms with Crippen molar-refractivity contribution in [2.75, 3.05) is 38.1 Å². The Kier molecular flexibility index (Phi) is 8.64. The summed E-state index contributed by atoms with van der Waals surface area (Å²) in [6, 6.07) is 10.6. The predicted molar refractivity (Wildman–Crippen MR) is 128 cm³/mol. The second kappa shape index (κ2) is 11.6. The lowest BCUT2D eigenvalue weighted by Gasteiger charge is -2.19. The Hall–Kier alpha value is -2.90. The fourth-order valence-corrected chi connectivity index (χ4v) is 3.45. The van der Waals surface area contributed by atoms with Gasteiger partial charge in [-0.15, -0.1) is 0 Å². The number of carbonyl (C=O) groups excluding carboxylic acids is 1. The van der Waals surface area contributed by atoms with Gasteiger partial charge in [0, 0.05) is 23.8 Å². The number of carbonyl (C=O) groups is 1. The molecule has 0 atom stereocenters. The van der Waals surface area contributed by atoms with Crippen LogP contribution < -0.4 is 10.1 Å². The largest absolute Gasteiger partial charge is 0.462 e. The van der Waals surface area contributed by atoms with Gasteiger partial charge in [0.2, 0.25) is 5.88 Å². The van der Waals surface area contributed by atoms with Crippen molar-refractivity contribution in [2.45, 2.75) is 27.2 Å². The summed E-state index contributed by atoms with van der Waals surface area (Å²) in [5, 5.41) is 4.02. The Morgan fingerprint density at radius 3 is 2.53 bits per heavy atom. The molecule has 7 nitrogen and oxygen atoms in total. The van der Waals surface area contributed by atoms with Crippen molar-refractivity contribution in [3.8, 4) is 11.6 Å². The van der Waals surface area contributed by atoms with E-state index < -0.39 is 5.97 Å². The number of rotatable bonds is 11. The molecule has 0 spiro atoms. The molecule has 3 rings (SSSR count). The van der Waals surface area contributed by atoms with Gasteiger partial charge in [-0.2, -0.15) is 0 Å². The number of hydrogen-bond donors (Lipinski definition) is 1. The Balaban J connectivity index is 1.90. The Morgan fingerprint density at radius 1 is 1.09 bits per heavy atom. The molecule has 0 saturated heterocycles. The van der Waals surface area contributed by atoms with E-state index in [0.29, 0.717) is 45.5 Å². The van der Waals surface area contributed by atoms with E-state index in [1.54, 1.807) is 37.3 Å². The monoisotopic (exact) mass is 456 g/mol. The molecule has 170 valence electrons. The van der Waals surface area contributed by atoms with Gasteiger partial charge < -0.3 is 19.7 Å². The maximum atomic E-state index is 12.6. The molecule has 0 saturated carbocycles. The van der Waals surface area contributed by atoms with Crippen molar-refractivity contribution in [3.63, 3.8) is 0 Å². The van der Waals surface area contributed by atoms with Crippen molar-refractivity contribution in [2.24, 2.45) is 0 Å². The first-order valence-corrected chi connectivity index (χ1v) is 11.3. The minimum Gasteiger partial charge on any atom is -0.462 e. The molecular formula is C24H29ClN4O3. The molecule has 1 aromatic carbocycles. The zero-order valence-electron chi connectivity index (χ0n) is 18.7. The molecule has 0 aliphatic carbocycles. The van der Waals surface area contributed by atoms with Crippen molar-refractivity contribution >= 4 is 34.3 Å². The summed E-state index contributed by atoms with van der Waals surface area (Å²) in [7, 11) is 0. The summed E-state index contributed by atoms with van der Waals surface area (Å²) < 4.78 is 11.1. The number of ether oxygens (including phenoxy) is 2. The van der Waals surface area contributed by atoms with Crippen LogP contribution in [-0.2, 0) is 4.74 Å². The van der Waals surface area contributed by atoms with Gasteiger partial charge in [-0.25, -0.2) is 9.78 Å². The highest BCUT2D eigenvalue weighted by atomic mass is 35.5. The molecule has 0 unspecified atom stereocenters. The van der Waals surface area contributed by atoms with E-state index in [1.807, 2.05) is 6.07 Å². The molecular weight excluding hydrogens is 428 g/mol. The zero-order valence-corrected chi connectivity index (χ0v) is 19.5. The normalized spacial score (nSPS) is 11.0. The van der Waals surface area contributed by atoms with E-state index in [2.05, 4.69) is 34.0 Å².